The predicted molar refractivity (Wildman–Crippen MR) is 9.97 cm³/mol. The first-order valence-electron chi connectivity index (χ1n) is 0.458. The van der Waals surface area contributed by atoms with Crippen molar-refractivity contribution in [2.45, 2.75) is 0 Å². The van der Waals surface area contributed by atoms with Crippen molar-refractivity contribution in [3.05, 3.63) is 0 Å². The zero-order valence-corrected chi connectivity index (χ0v) is 5.59. The maximum Gasteiger partial charge on any atom is 1.00 e. The van der Waals surface area contributed by atoms with Crippen LogP contribution < -0.4 is 51.4 Å². The molecular weight excluding hydrogens is 79.9 g/mol. The first-order valence-corrected chi connectivity index (χ1v) is 0.458. The van der Waals surface area contributed by atoms with Gasteiger partial charge in [-0.05, 0) is 0 Å². The van der Waals surface area contributed by atoms with Gasteiger partial charge in [0.15, 0.2) is 0 Å². The largest absolute Gasteiger partial charge is 1.00 e. The predicted octanol–water partition coefficient (Wildman–Crippen LogP) is -3.27. The Hall–Kier alpha value is 1.30. The Kier molecular flexibility index (Phi) is 19.9. The minimum atomic E-state index is 0. The maximum atomic E-state index is 6.97. The van der Waals surface area contributed by atoms with Crippen LogP contribution in [0.1, 0.15) is 0 Å². The average molecular weight is 80.9 g/mol. The maximum absolute atomic E-state index is 6.97. The molecule has 2 nitrogen and oxygen atoms in total. The molecule has 0 amide bonds. The van der Waals surface area contributed by atoms with Crippen LogP contribution in [0.2, 0.25) is 0 Å². The molecule has 0 aliphatic rings. The van der Waals surface area contributed by atoms with Gasteiger partial charge in [-0.3, -0.25) is 0 Å². The minimum Gasteiger partial charge on any atom is -0.469 e. The smallest absolute Gasteiger partial charge is 0.469 e. The molecule has 4 heavy (non-hydrogen) atoms. The topological polar surface area (TPSA) is 32.6 Å². The van der Waals surface area contributed by atoms with Crippen LogP contribution in [0.4, 0.5) is 0 Å². The molecule has 0 bridgehead atoms. The van der Waals surface area contributed by atoms with Gasteiger partial charge in [0.25, 0.3) is 0 Å². The molecule has 0 aliphatic carbocycles. The van der Waals surface area contributed by atoms with Gasteiger partial charge in [-0.1, -0.05) is 0 Å². The summed E-state index contributed by atoms with van der Waals surface area (Å²) in [4.78, 5) is 0. The van der Waals surface area contributed by atoms with Gasteiger partial charge in [-0.2, -0.15) is 0 Å². The standard InChI is InChI=1S/BHNO.K/c1-2-3;/h3H;/q-1;+1. The van der Waals surface area contributed by atoms with Crippen LogP contribution in [-0.2, 0) is 0 Å². The van der Waals surface area contributed by atoms with E-state index in [-0.39, 0.29) is 51.4 Å². The van der Waals surface area contributed by atoms with E-state index in [4.69, 9.17) is 5.21 Å². The molecule has 0 aromatic carbocycles. The fraction of sp³-hybridized carbons (Fsp3) is 0. The van der Waals surface area contributed by atoms with Crippen LogP contribution >= 0.6 is 0 Å². The molecule has 16 valence electrons. The molecule has 0 unspecified atom stereocenters. The van der Waals surface area contributed by atoms with Gasteiger partial charge < -0.3 is 17.9 Å². The van der Waals surface area contributed by atoms with Crippen LogP contribution in [-0.4, -0.2) is 12.8 Å². The zero-order valence-electron chi connectivity index (χ0n) is 2.47. The molecule has 0 heterocycles. The molecule has 0 aromatic rings. The van der Waals surface area contributed by atoms with Gasteiger partial charge in [0.2, 0.25) is 0 Å². The van der Waals surface area contributed by atoms with E-state index in [0.29, 0.717) is 0 Å². The molecule has 0 saturated heterocycles. The van der Waals surface area contributed by atoms with Crippen molar-refractivity contribution in [1.82, 2.24) is 0 Å². The molecule has 0 saturated carbocycles. The third-order valence-corrected chi connectivity index (χ3v) is 0. The molecule has 4 heteroatoms. The zero-order chi connectivity index (χ0) is 2.71. The molecular formula is HBKNO. The molecule has 0 rings (SSSR count). The summed E-state index contributed by atoms with van der Waals surface area (Å²) in [5.41, 5.74) is 0. The Morgan fingerprint density at radius 1 is 1.75 bits per heavy atom. The van der Waals surface area contributed by atoms with Crippen molar-refractivity contribution < 1.29 is 56.6 Å². The SMILES string of the molecule is [B-]=NO.[K+]. The van der Waals surface area contributed by atoms with Crippen molar-refractivity contribution in [2.75, 3.05) is 0 Å². The second-order valence-corrected chi connectivity index (χ2v) is 0.115. The van der Waals surface area contributed by atoms with Crippen LogP contribution in [0, 0.1) is 0 Å². The van der Waals surface area contributed by atoms with Gasteiger partial charge in [-0.15, -0.1) is 0 Å². The van der Waals surface area contributed by atoms with Crippen LogP contribution in [0.15, 0.2) is 5.06 Å². The van der Waals surface area contributed by atoms with Crippen molar-refractivity contribution in [3.63, 3.8) is 0 Å². The fourth-order valence-electron chi connectivity index (χ4n) is 0. The summed E-state index contributed by atoms with van der Waals surface area (Å²) in [6.07, 6.45) is 0. The summed E-state index contributed by atoms with van der Waals surface area (Å²) in [6, 6.07) is 0. The molecule has 0 atom stereocenters. The second kappa shape index (κ2) is 8.85. The Morgan fingerprint density at radius 2 is 1.75 bits per heavy atom. The molecule has 0 aliphatic heterocycles. The van der Waals surface area contributed by atoms with Gasteiger partial charge in [0.05, 0.1) is 0 Å². The Balaban J connectivity index is 0. The molecule has 2 radical (unpaired) electrons. The van der Waals surface area contributed by atoms with Crippen molar-refractivity contribution in [1.29, 1.82) is 0 Å². The summed E-state index contributed by atoms with van der Waals surface area (Å²) < 4.78 is 0. The number of hydrogen-bond donors (Lipinski definition) is 1. The fourth-order valence-corrected chi connectivity index (χ4v) is 0. The molecule has 0 aromatic heterocycles. The first kappa shape index (κ1) is 9.00. The monoisotopic (exact) mass is 81.0 g/mol. The number of hydrogen-bond acceptors (Lipinski definition) is 2. The average Bonchev–Trinajstić information content (AvgIpc) is 0.918. The summed E-state index contributed by atoms with van der Waals surface area (Å²) in [7, 11) is 4.03. The van der Waals surface area contributed by atoms with E-state index in [0.717, 1.165) is 0 Å². The van der Waals surface area contributed by atoms with E-state index in [2.05, 4.69) is 7.64 Å². The van der Waals surface area contributed by atoms with E-state index in [9.17, 15) is 0 Å². The molecule has 0 spiro atoms. The normalized spacial score (nSPS) is 3.00. The second-order valence-electron chi connectivity index (χ2n) is 0.115. The summed E-state index contributed by atoms with van der Waals surface area (Å²) in [5, 5.41) is 8.97. The Labute approximate surface area is 68.1 Å². The minimum absolute atomic E-state index is 0. The molecule has 0 fully saturated rings. The quantitative estimate of drug-likeness (QED) is 0.241. The Bertz CT molecular complexity index is 15.5. The summed E-state index contributed by atoms with van der Waals surface area (Å²) >= 11 is 0. The molecule has 1 N–H and O–H groups in total. The van der Waals surface area contributed by atoms with Gasteiger partial charge in [-0.25, -0.2) is 0 Å². The first-order chi connectivity index (χ1) is 1.41. The van der Waals surface area contributed by atoms with Crippen LogP contribution in [0.3, 0.4) is 0 Å². The van der Waals surface area contributed by atoms with E-state index in [1.54, 1.807) is 0 Å². The number of nitrogens with zero attached hydrogens (tertiary/aromatic N) is 1. The van der Waals surface area contributed by atoms with Crippen LogP contribution in [0.5, 0.6) is 0 Å². The Morgan fingerprint density at radius 3 is 1.75 bits per heavy atom. The third kappa shape index (κ3) is 10.3. The van der Waals surface area contributed by atoms with Gasteiger partial charge >= 0.3 is 51.4 Å². The van der Waals surface area contributed by atoms with Crippen molar-refractivity contribution >= 4 is 7.64 Å². The van der Waals surface area contributed by atoms with Gasteiger partial charge in [0, 0.05) is 0 Å². The summed E-state index contributed by atoms with van der Waals surface area (Å²) in [6.45, 7) is 0. The van der Waals surface area contributed by atoms with E-state index in [1.165, 1.54) is 0 Å². The summed E-state index contributed by atoms with van der Waals surface area (Å²) in [5.74, 6) is 0. The number of rotatable bonds is 0. The van der Waals surface area contributed by atoms with Gasteiger partial charge in [0.1, 0.15) is 0 Å². The van der Waals surface area contributed by atoms with E-state index < -0.39 is 0 Å². The third-order valence-electron chi connectivity index (χ3n) is 0. The van der Waals surface area contributed by atoms with Crippen LogP contribution in [0.25, 0.3) is 0 Å². The van der Waals surface area contributed by atoms with E-state index in [1.807, 2.05) is 5.06 Å². The van der Waals surface area contributed by atoms with Crippen molar-refractivity contribution in [2.24, 2.45) is 5.06 Å². The van der Waals surface area contributed by atoms with E-state index >= 15 is 0 Å². The van der Waals surface area contributed by atoms with Crippen molar-refractivity contribution in [3.8, 4) is 0 Å².